The number of hydrogen-bond acceptors (Lipinski definition) is 5. The van der Waals surface area contributed by atoms with Crippen molar-refractivity contribution in [2.75, 3.05) is 12.8 Å². The van der Waals surface area contributed by atoms with Crippen LogP contribution in [0.25, 0.3) is 0 Å². The Kier molecular flexibility index (Phi) is 4.39. The first-order chi connectivity index (χ1) is 10.5. The molecule has 6 heteroatoms. The number of carbonyl (C=O) groups excluding carboxylic acids is 1. The molecule has 0 saturated heterocycles. The van der Waals surface area contributed by atoms with Gasteiger partial charge in [0.05, 0.1) is 17.6 Å². The molecule has 0 atom stereocenters. The van der Waals surface area contributed by atoms with E-state index in [2.05, 4.69) is 16.6 Å². The standard InChI is InChI=1S/C16H12N2O4/c1-22-16(19)13-7-4-11(5-8-13)2-3-12-6-9-14(17)15(10-12)18(20)21/h4-10H,17H2,1H3. The molecule has 0 heterocycles. The topological polar surface area (TPSA) is 95.5 Å². The molecular weight excluding hydrogens is 284 g/mol. The second-order valence-corrected chi connectivity index (χ2v) is 4.35. The first-order valence-corrected chi connectivity index (χ1v) is 6.25. The van der Waals surface area contributed by atoms with Crippen molar-refractivity contribution >= 4 is 17.3 Å². The summed E-state index contributed by atoms with van der Waals surface area (Å²) < 4.78 is 4.60. The fourth-order valence-electron chi connectivity index (χ4n) is 1.73. The van der Waals surface area contributed by atoms with Crippen LogP contribution in [0.5, 0.6) is 0 Å². The second-order valence-electron chi connectivity index (χ2n) is 4.35. The minimum Gasteiger partial charge on any atom is -0.465 e. The Labute approximate surface area is 126 Å². The fourth-order valence-corrected chi connectivity index (χ4v) is 1.73. The summed E-state index contributed by atoms with van der Waals surface area (Å²) in [5.41, 5.74) is 7.03. The maximum Gasteiger partial charge on any atom is 0.337 e. The number of nitro groups is 1. The van der Waals surface area contributed by atoms with Gasteiger partial charge in [0, 0.05) is 17.2 Å². The molecule has 110 valence electrons. The molecule has 2 N–H and O–H groups in total. The lowest BCUT2D eigenvalue weighted by Gasteiger charge is -1.98. The largest absolute Gasteiger partial charge is 0.465 e. The van der Waals surface area contributed by atoms with Crippen molar-refractivity contribution in [1.29, 1.82) is 0 Å². The van der Waals surface area contributed by atoms with Crippen LogP contribution >= 0.6 is 0 Å². The second kappa shape index (κ2) is 6.41. The van der Waals surface area contributed by atoms with Gasteiger partial charge in [-0.15, -0.1) is 0 Å². The summed E-state index contributed by atoms with van der Waals surface area (Å²) >= 11 is 0. The molecular formula is C16H12N2O4. The van der Waals surface area contributed by atoms with Gasteiger partial charge in [0.15, 0.2) is 0 Å². The number of nitrogens with zero attached hydrogens (tertiary/aromatic N) is 1. The summed E-state index contributed by atoms with van der Waals surface area (Å²) in [5.74, 6) is 5.26. The van der Waals surface area contributed by atoms with Gasteiger partial charge in [0.2, 0.25) is 0 Å². The van der Waals surface area contributed by atoms with Gasteiger partial charge in [-0.25, -0.2) is 4.79 Å². The van der Waals surface area contributed by atoms with Crippen LogP contribution in [0.2, 0.25) is 0 Å². The van der Waals surface area contributed by atoms with Crippen LogP contribution in [0.1, 0.15) is 21.5 Å². The quantitative estimate of drug-likeness (QED) is 0.302. The number of esters is 1. The zero-order valence-corrected chi connectivity index (χ0v) is 11.7. The molecule has 0 spiro atoms. The van der Waals surface area contributed by atoms with Crippen molar-refractivity contribution in [3.63, 3.8) is 0 Å². The first-order valence-electron chi connectivity index (χ1n) is 6.25. The highest BCUT2D eigenvalue weighted by Gasteiger charge is 2.10. The molecule has 0 radical (unpaired) electrons. The van der Waals surface area contributed by atoms with E-state index in [1.54, 1.807) is 30.3 Å². The molecule has 6 nitrogen and oxygen atoms in total. The lowest BCUT2D eigenvalue weighted by atomic mass is 10.1. The van der Waals surface area contributed by atoms with Crippen molar-refractivity contribution in [2.45, 2.75) is 0 Å². The monoisotopic (exact) mass is 296 g/mol. The summed E-state index contributed by atoms with van der Waals surface area (Å²) in [6, 6.07) is 10.9. The Hall–Kier alpha value is -3.33. The number of rotatable bonds is 2. The molecule has 0 aliphatic heterocycles. The van der Waals surface area contributed by atoms with Crippen molar-refractivity contribution in [2.24, 2.45) is 0 Å². The Morgan fingerprint density at radius 1 is 1.14 bits per heavy atom. The predicted molar refractivity (Wildman–Crippen MR) is 81.3 cm³/mol. The van der Waals surface area contributed by atoms with Crippen LogP contribution in [0, 0.1) is 22.0 Å². The van der Waals surface area contributed by atoms with Gasteiger partial charge in [-0.05, 0) is 36.4 Å². The molecule has 0 amide bonds. The van der Waals surface area contributed by atoms with Crippen molar-refractivity contribution in [1.82, 2.24) is 0 Å². The molecule has 22 heavy (non-hydrogen) atoms. The summed E-state index contributed by atoms with van der Waals surface area (Å²) in [5, 5.41) is 10.8. The van der Waals surface area contributed by atoms with E-state index in [1.807, 2.05) is 0 Å². The minimum absolute atomic E-state index is 0.0954. The predicted octanol–water partition coefficient (Wildman–Crippen LogP) is 2.36. The van der Waals surface area contributed by atoms with Crippen LogP contribution in [0.15, 0.2) is 42.5 Å². The van der Waals surface area contributed by atoms with Gasteiger partial charge in [0.25, 0.3) is 5.69 Å². The molecule has 2 rings (SSSR count). The average Bonchev–Trinajstić information content (AvgIpc) is 2.53. The number of hydrogen-bond donors (Lipinski definition) is 1. The third-order valence-electron chi connectivity index (χ3n) is 2.88. The van der Waals surface area contributed by atoms with Crippen LogP contribution in [0.4, 0.5) is 11.4 Å². The molecule has 2 aromatic rings. The van der Waals surface area contributed by atoms with Crippen LogP contribution in [-0.2, 0) is 4.74 Å². The fraction of sp³-hybridized carbons (Fsp3) is 0.0625. The van der Waals surface area contributed by atoms with E-state index >= 15 is 0 Å². The summed E-state index contributed by atoms with van der Waals surface area (Å²) in [7, 11) is 1.31. The van der Waals surface area contributed by atoms with Gasteiger partial charge >= 0.3 is 5.97 Å². The van der Waals surface area contributed by atoms with E-state index in [0.717, 1.165) is 0 Å². The highest BCUT2D eigenvalue weighted by atomic mass is 16.6. The third kappa shape index (κ3) is 3.41. The molecule has 0 aromatic heterocycles. The van der Waals surface area contributed by atoms with Crippen molar-refractivity contribution in [3.8, 4) is 11.8 Å². The highest BCUT2D eigenvalue weighted by Crippen LogP contribution is 2.21. The third-order valence-corrected chi connectivity index (χ3v) is 2.88. The molecule has 0 saturated carbocycles. The summed E-state index contributed by atoms with van der Waals surface area (Å²) in [6.45, 7) is 0. The number of ether oxygens (including phenoxy) is 1. The zero-order chi connectivity index (χ0) is 16.1. The number of carbonyl (C=O) groups is 1. The van der Waals surface area contributed by atoms with Crippen LogP contribution < -0.4 is 5.73 Å². The SMILES string of the molecule is COC(=O)c1ccc(C#Cc2ccc(N)c([N+](=O)[O-])c2)cc1. The number of methoxy groups -OCH3 is 1. The number of benzene rings is 2. The van der Waals surface area contributed by atoms with Crippen molar-refractivity contribution < 1.29 is 14.5 Å². The number of anilines is 1. The average molecular weight is 296 g/mol. The number of nitro benzene ring substituents is 1. The van der Waals surface area contributed by atoms with Gasteiger partial charge in [-0.3, -0.25) is 10.1 Å². The van der Waals surface area contributed by atoms with Crippen LogP contribution in [-0.4, -0.2) is 18.0 Å². The molecule has 0 bridgehead atoms. The minimum atomic E-state index is -0.550. The molecule has 2 aromatic carbocycles. The number of nitrogens with two attached hydrogens (primary N) is 1. The Morgan fingerprint density at radius 2 is 1.73 bits per heavy atom. The summed E-state index contributed by atoms with van der Waals surface area (Å²) in [6.07, 6.45) is 0. The van der Waals surface area contributed by atoms with E-state index in [1.165, 1.54) is 19.2 Å². The van der Waals surface area contributed by atoms with Crippen molar-refractivity contribution in [3.05, 3.63) is 69.3 Å². The molecule has 0 unspecified atom stereocenters. The molecule has 0 fully saturated rings. The van der Waals surface area contributed by atoms with Gasteiger partial charge < -0.3 is 10.5 Å². The van der Waals surface area contributed by atoms with E-state index in [9.17, 15) is 14.9 Å². The lowest BCUT2D eigenvalue weighted by Crippen LogP contribution is -2.00. The van der Waals surface area contributed by atoms with E-state index in [-0.39, 0.29) is 11.4 Å². The first kappa shape index (κ1) is 15.1. The van der Waals surface area contributed by atoms with Gasteiger partial charge in [-0.2, -0.15) is 0 Å². The van der Waals surface area contributed by atoms with Gasteiger partial charge in [-0.1, -0.05) is 11.8 Å². The van der Waals surface area contributed by atoms with E-state index in [0.29, 0.717) is 16.7 Å². The smallest absolute Gasteiger partial charge is 0.337 e. The maximum atomic E-state index is 11.3. The lowest BCUT2D eigenvalue weighted by molar-refractivity contribution is -0.383. The molecule has 0 aliphatic rings. The normalized spacial score (nSPS) is 9.50. The Morgan fingerprint density at radius 3 is 2.32 bits per heavy atom. The Balaban J connectivity index is 2.25. The van der Waals surface area contributed by atoms with E-state index < -0.39 is 10.9 Å². The maximum absolute atomic E-state index is 11.3. The number of nitrogen functional groups attached to an aromatic ring is 1. The van der Waals surface area contributed by atoms with Crippen LogP contribution in [0.3, 0.4) is 0 Å². The summed E-state index contributed by atoms with van der Waals surface area (Å²) in [4.78, 5) is 21.6. The zero-order valence-electron chi connectivity index (χ0n) is 11.7. The Bertz CT molecular complexity index is 786. The van der Waals surface area contributed by atoms with Gasteiger partial charge in [0.1, 0.15) is 5.69 Å². The highest BCUT2D eigenvalue weighted by molar-refractivity contribution is 5.89. The van der Waals surface area contributed by atoms with E-state index in [4.69, 9.17) is 5.73 Å². The molecule has 0 aliphatic carbocycles.